The van der Waals surface area contributed by atoms with Crippen LogP contribution in [0.1, 0.15) is 15.9 Å². The number of benzene rings is 1. The first-order valence-electron chi connectivity index (χ1n) is 4.25. The first-order chi connectivity index (χ1) is 7.69. The molecule has 84 valence electrons. The number of aromatic carboxylic acids is 1. The van der Waals surface area contributed by atoms with Gasteiger partial charge in [0.25, 0.3) is 0 Å². The van der Waals surface area contributed by atoms with Crippen molar-refractivity contribution >= 4 is 30.1 Å². The number of allylic oxidation sites excluding steroid dienone is 1. The van der Waals surface area contributed by atoms with Gasteiger partial charge in [0, 0.05) is 18.0 Å². The Morgan fingerprint density at radius 3 is 2.38 bits per heavy atom. The Morgan fingerprint density at radius 1 is 1.38 bits per heavy atom. The highest BCUT2D eigenvalue weighted by molar-refractivity contribution is 7.93. The number of carbonyl (C=O) groups is 1. The van der Waals surface area contributed by atoms with Crippen LogP contribution in [0.4, 0.5) is 3.89 Å². The quantitative estimate of drug-likeness (QED) is 0.625. The van der Waals surface area contributed by atoms with E-state index in [-0.39, 0.29) is 17.9 Å². The van der Waals surface area contributed by atoms with E-state index in [0.29, 0.717) is 11.1 Å². The Bertz CT molecular complexity index is 429. The van der Waals surface area contributed by atoms with E-state index >= 15 is 0 Å². The molecule has 0 fully saturated rings. The molecule has 0 amide bonds. The molecule has 0 radical (unpaired) electrons. The van der Waals surface area contributed by atoms with Crippen molar-refractivity contribution in [2.45, 2.75) is 0 Å². The van der Waals surface area contributed by atoms with Crippen molar-refractivity contribution < 1.29 is 13.8 Å². The third-order valence-corrected chi connectivity index (χ3v) is 2.06. The van der Waals surface area contributed by atoms with E-state index in [4.69, 9.17) is 10.8 Å². The number of rotatable bonds is 4. The van der Waals surface area contributed by atoms with Crippen molar-refractivity contribution in [2.75, 3.05) is 0 Å². The minimum Gasteiger partial charge on any atom is -0.478 e. The molecular weight excluding hydrogens is 231 g/mol. The monoisotopic (exact) mass is 240 g/mol. The maximum absolute atomic E-state index is 11.7. The van der Waals surface area contributed by atoms with Gasteiger partial charge in [0.05, 0.1) is 5.56 Å². The van der Waals surface area contributed by atoms with Crippen molar-refractivity contribution in [2.24, 2.45) is 10.1 Å². The molecular formula is C10H9FN2O2S. The SMILES string of the molecule is N/C=C(\C=N\SF)c1ccc(C(=O)O)cc1. The van der Waals surface area contributed by atoms with Gasteiger partial charge in [0.1, 0.15) is 0 Å². The molecule has 0 saturated heterocycles. The number of carboxylic acids is 1. The molecule has 0 aliphatic carbocycles. The Morgan fingerprint density at radius 2 is 1.94 bits per heavy atom. The number of hydrogen-bond acceptors (Lipinski definition) is 4. The van der Waals surface area contributed by atoms with Gasteiger partial charge in [0.2, 0.25) is 0 Å². The van der Waals surface area contributed by atoms with Gasteiger partial charge in [-0.15, -0.1) is 3.89 Å². The summed E-state index contributed by atoms with van der Waals surface area (Å²) in [6, 6.07) is 6.04. The third kappa shape index (κ3) is 3.09. The van der Waals surface area contributed by atoms with Gasteiger partial charge in [-0.25, -0.2) is 4.79 Å². The van der Waals surface area contributed by atoms with Gasteiger partial charge >= 0.3 is 5.97 Å². The molecule has 0 spiro atoms. The molecule has 1 aromatic carbocycles. The molecule has 0 bridgehead atoms. The van der Waals surface area contributed by atoms with E-state index in [1.165, 1.54) is 24.5 Å². The van der Waals surface area contributed by atoms with Gasteiger partial charge in [-0.2, -0.15) is 4.40 Å². The topological polar surface area (TPSA) is 75.7 Å². The van der Waals surface area contributed by atoms with E-state index in [1.54, 1.807) is 12.1 Å². The molecule has 0 aliphatic heterocycles. The number of hydrogen-bond donors (Lipinski definition) is 2. The zero-order valence-corrected chi connectivity index (χ0v) is 8.95. The minimum atomic E-state index is -1.00. The lowest BCUT2D eigenvalue weighted by Crippen LogP contribution is -1.97. The molecule has 0 aliphatic rings. The summed E-state index contributed by atoms with van der Waals surface area (Å²) in [6.07, 6.45) is 2.54. The number of nitrogens with two attached hydrogens (primary N) is 1. The van der Waals surface area contributed by atoms with Crippen LogP contribution in [0.3, 0.4) is 0 Å². The lowest BCUT2D eigenvalue weighted by molar-refractivity contribution is 0.0697. The highest BCUT2D eigenvalue weighted by Crippen LogP contribution is 2.14. The van der Waals surface area contributed by atoms with Crippen LogP contribution in [-0.2, 0) is 0 Å². The highest BCUT2D eigenvalue weighted by Gasteiger charge is 2.03. The second-order valence-corrected chi connectivity index (χ2v) is 3.16. The average Bonchev–Trinajstić information content (AvgIpc) is 2.30. The van der Waals surface area contributed by atoms with Crippen molar-refractivity contribution in [3.05, 3.63) is 41.6 Å². The number of carboxylic acid groups (broad SMARTS) is 1. The maximum atomic E-state index is 11.7. The Kier molecular flexibility index (Phi) is 4.53. The van der Waals surface area contributed by atoms with Gasteiger partial charge in [-0.1, -0.05) is 12.1 Å². The Labute approximate surface area is 96.1 Å². The normalized spacial score (nSPS) is 11.9. The van der Waals surface area contributed by atoms with Crippen LogP contribution < -0.4 is 5.73 Å². The van der Waals surface area contributed by atoms with Gasteiger partial charge in [-0.3, -0.25) is 0 Å². The van der Waals surface area contributed by atoms with E-state index < -0.39 is 5.97 Å². The first kappa shape index (κ1) is 12.3. The maximum Gasteiger partial charge on any atom is 0.335 e. The molecule has 0 unspecified atom stereocenters. The molecule has 1 rings (SSSR count). The van der Waals surface area contributed by atoms with Crippen molar-refractivity contribution in [3.8, 4) is 0 Å². The van der Waals surface area contributed by atoms with Crippen molar-refractivity contribution in [3.63, 3.8) is 0 Å². The van der Waals surface area contributed by atoms with Crippen LogP contribution in [0, 0.1) is 0 Å². The van der Waals surface area contributed by atoms with E-state index in [1.807, 2.05) is 0 Å². The Hall–Kier alpha value is -1.82. The average molecular weight is 240 g/mol. The molecule has 0 saturated carbocycles. The minimum absolute atomic E-state index is 0.173. The fourth-order valence-corrected chi connectivity index (χ4v) is 1.25. The van der Waals surface area contributed by atoms with E-state index in [9.17, 15) is 8.68 Å². The molecule has 3 N–H and O–H groups in total. The molecule has 4 nitrogen and oxygen atoms in total. The van der Waals surface area contributed by atoms with Crippen molar-refractivity contribution in [1.82, 2.24) is 0 Å². The molecule has 0 aromatic heterocycles. The fourth-order valence-electron chi connectivity index (χ4n) is 1.10. The lowest BCUT2D eigenvalue weighted by atomic mass is 10.1. The molecule has 16 heavy (non-hydrogen) atoms. The second-order valence-electron chi connectivity index (χ2n) is 2.81. The first-order valence-corrected chi connectivity index (χ1v) is 4.93. The van der Waals surface area contributed by atoms with Crippen molar-refractivity contribution in [1.29, 1.82) is 0 Å². The highest BCUT2D eigenvalue weighted by atomic mass is 32.2. The summed E-state index contributed by atoms with van der Waals surface area (Å²) in [5.74, 6) is -1.00. The smallest absolute Gasteiger partial charge is 0.335 e. The van der Waals surface area contributed by atoms with Crippen LogP contribution in [-0.4, -0.2) is 17.3 Å². The predicted octanol–water partition coefficient (Wildman–Crippen LogP) is 2.29. The summed E-state index contributed by atoms with van der Waals surface area (Å²) in [6.45, 7) is 0. The summed E-state index contributed by atoms with van der Waals surface area (Å²) in [7, 11) is 0. The summed E-state index contributed by atoms with van der Waals surface area (Å²) in [5.41, 5.74) is 6.71. The van der Waals surface area contributed by atoms with Crippen LogP contribution in [0.25, 0.3) is 5.57 Å². The van der Waals surface area contributed by atoms with Gasteiger partial charge in [0.15, 0.2) is 12.3 Å². The summed E-state index contributed by atoms with van der Waals surface area (Å²) in [5, 5.41) is 8.69. The molecule has 0 heterocycles. The van der Waals surface area contributed by atoms with Crippen LogP contribution in [0.2, 0.25) is 0 Å². The molecule has 0 atom stereocenters. The van der Waals surface area contributed by atoms with Gasteiger partial charge in [-0.05, 0) is 17.7 Å². The predicted molar refractivity (Wildman–Crippen MR) is 62.8 cm³/mol. The summed E-state index contributed by atoms with van der Waals surface area (Å²) in [4.78, 5) is 10.6. The Balaban J connectivity index is 2.96. The number of nitrogens with zero attached hydrogens (tertiary/aromatic N) is 1. The van der Waals surface area contributed by atoms with E-state index in [0.717, 1.165) is 0 Å². The summed E-state index contributed by atoms with van der Waals surface area (Å²) < 4.78 is 15.1. The number of halogens is 1. The third-order valence-electron chi connectivity index (χ3n) is 1.88. The fraction of sp³-hybridized carbons (Fsp3) is 0. The van der Waals surface area contributed by atoms with Crippen LogP contribution in [0.5, 0.6) is 0 Å². The standard InChI is InChI=1S/C10H9FN2O2S/c11-16-13-6-9(5-12)7-1-3-8(4-2-7)10(14)15/h1-6H,12H2,(H,14,15)/b9-5+,13-6+. The zero-order valence-electron chi connectivity index (χ0n) is 8.13. The van der Waals surface area contributed by atoms with Crippen LogP contribution >= 0.6 is 12.3 Å². The summed E-state index contributed by atoms with van der Waals surface area (Å²) >= 11 is -0.173. The van der Waals surface area contributed by atoms with Crippen LogP contribution in [0.15, 0.2) is 34.9 Å². The van der Waals surface area contributed by atoms with Gasteiger partial charge < -0.3 is 10.8 Å². The molecule has 1 aromatic rings. The lowest BCUT2D eigenvalue weighted by Gasteiger charge is -2.01. The zero-order chi connectivity index (χ0) is 12.0. The van der Waals surface area contributed by atoms with E-state index in [2.05, 4.69) is 4.40 Å². The largest absolute Gasteiger partial charge is 0.478 e. The molecule has 6 heteroatoms. The second kappa shape index (κ2) is 5.92.